The fraction of sp³-hybridized carbons (Fsp3) is 0.692. The lowest BCUT2D eigenvalue weighted by Gasteiger charge is -2.27. The van der Waals surface area contributed by atoms with E-state index in [1.54, 1.807) is 0 Å². The van der Waals surface area contributed by atoms with Gasteiger partial charge in [-0.25, -0.2) is 4.79 Å². The van der Waals surface area contributed by atoms with E-state index < -0.39 is 5.69 Å². The van der Waals surface area contributed by atoms with Gasteiger partial charge in [-0.2, -0.15) is 0 Å². The van der Waals surface area contributed by atoms with E-state index in [1.165, 1.54) is 11.6 Å². The number of nitrogen functional groups attached to an aromatic ring is 1. The molecule has 1 aliphatic heterocycles. The maximum Gasteiger partial charge on any atom is 0.332 e. The third-order valence-corrected chi connectivity index (χ3v) is 3.88. The second kappa shape index (κ2) is 5.70. The van der Waals surface area contributed by atoms with Crippen LogP contribution < -0.4 is 21.9 Å². The van der Waals surface area contributed by atoms with Gasteiger partial charge in [0.25, 0.3) is 5.56 Å². The van der Waals surface area contributed by atoms with Crippen LogP contribution in [0.2, 0.25) is 0 Å². The number of aromatic nitrogens is 2. The van der Waals surface area contributed by atoms with E-state index >= 15 is 0 Å². The molecule has 0 saturated carbocycles. The highest BCUT2D eigenvalue weighted by atomic mass is 16.3. The Morgan fingerprint density at radius 1 is 1.40 bits per heavy atom. The molecule has 1 fully saturated rings. The predicted octanol–water partition coefficient (Wildman–Crippen LogP) is -0.500. The summed E-state index contributed by atoms with van der Waals surface area (Å²) in [5, 5.41) is 9.42. The summed E-state index contributed by atoms with van der Waals surface area (Å²) in [6.45, 7) is 3.08. The Labute approximate surface area is 117 Å². The van der Waals surface area contributed by atoms with Gasteiger partial charge >= 0.3 is 5.69 Å². The zero-order chi connectivity index (χ0) is 14.9. The van der Waals surface area contributed by atoms with Crippen molar-refractivity contribution in [2.45, 2.75) is 38.8 Å². The summed E-state index contributed by atoms with van der Waals surface area (Å²) in [6.07, 6.45) is 2.48. The molecule has 0 amide bonds. The van der Waals surface area contributed by atoms with Crippen LogP contribution in [0.5, 0.6) is 0 Å². The standard InChI is InChI=1S/C13H22N4O3/c1-3-6-17-11(14)10(12(19)15(2)13(17)20)16-7-4-5-9(16)8-18/h9,18H,3-8,14H2,1-2H3. The van der Waals surface area contributed by atoms with Gasteiger partial charge in [0.1, 0.15) is 11.5 Å². The van der Waals surface area contributed by atoms with Gasteiger partial charge in [-0.05, 0) is 19.3 Å². The molecular weight excluding hydrogens is 260 g/mol. The van der Waals surface area contributed by atoms with E-state index in [1.807, 2.05) is 11.8 Å². The lowest BCUT2D eigenvalue weighted by molar-refractivity contribution is 0.266. The number of nitrogens with two attached hydrogens (primary N) is 1. The summed E-state index contributed by atoms with van der Waals surface area (Å²) >= 11 is 0. The molecule has 1 aliphatic rings. The molecule has 0 bridgehead atoms. The van der Waals surface area contributed by atoms with Crippen molar-refractivity contribution in [3.05, 3.63) is 20.8 Å². The number of aliphatic hydroxyl groups is 1. The second-order valence-electron chi connectivity index (χ2n) is 5.20. The van der Waals surface area contributed by atoms with Crippen LogP contribution in [0.15, 0.2) is 9.59 Å². The van der Waals surface area contributed by atoms with E-state index in [2.05, 4.69) is 0 Å². The number of anilines is 2. The van der Waals surface area contributed by atoms with Crippen LogP contribution in [0.4, 0.5) is 11.5 Å². The first-order chi connectivity index (χ1) is 9.52. The normalized spacial score (nSPS) is 18.8. The van der Waals surface area contributed by atoms with Crippen molar-refractivity contribution >= 4 is 11.5 Å². The summed E-state index contributed by atoms with van der Waals surface area (Å²) in [6, 6.07) is -0.0995. The van der Waals surface area contributed by atoms with Crippen LogP contribution in [0.25, 0.3) is 0 Å². The van der Waals surface area contributed by atoms with Crippen LogP contribution >= 0.6 is 0 Å². The van der Waals surface area contributed by atoms with Crippen molar-refractivity contribution < 1.29 is 5.11 Å². The summed E-state index contributed by atoms with van der Waals surface area (Å²) in [5.74, 6) is 0.209. The Bertz CT molecular complexity index is 605. The Hall–Kier alpha value is -1.76. The Kier molecular flexibility index (Phi) is 4.17. The molecule has 1 aromatic heterocycles. The number of nitrogens with zero attached hydrogens (tertiary/aromatic N) is 3. The first kappa shape index (κ1) is 14.6. The minimum absolute atomic E-state index is 0.0184. The summed E-state index contributed by atoms with van der Waals surface area (Å²) in [5.41, 5.74) is 5.63. The predicted molar refractivity (Wildman–Crippen MR) is 78.1 cm³/mol. The molecule has 1 atom stereocenters. The highest BCUT2D eigenvalue weighted by Gasteiger charge is 2.29. The molecule has 112 valence electrons. The molecule has 0 radical (unpaired) electrons. The molecule has 7 heteroatoms. The summed E-state index contributed by atoms with van der Waals surface area (Å²) in [7, 11) is 1.46. The molecule has 0 aromatic carbocycles. The van der Waals surface area contributed by atoms with Crippen molar-refractivity contribution in [2.24, 2.45) is 7.05 Å². The molecular formula is C13H22N4O3. The van der Waals surface area contributed by atoms with Gasteiger partial charge in [-0.3, -0.25) is 13.9 Å². The minimum Gasteiger partial charge on any atom is -0.394 e. The molecule has 3 N–H and O–H groups in total. The first-order valence-electron chi connectivity index (χ1n) is 6.99. The molecule has 20 heavy (non-hydrogen) atoms. The molecule has 1 unspecified atom stereocenters. The molecule has 0 spiro atoms. The molecule has 1 saturated heterocycles. The fourth-order valence-electron chi connectivity index (χ4n) is 2.80. The van der Waals surface area contributed by atoms with E-state index in [0.717, 1.165) is 23.8 Å². The van der Waals surface area contributed by atoms with Crippen molar-refractivity contribution in [1.29, 1.82) is 0 Å². The minimum atomic E-state index is -0.391. The van der Waals surface area contributed by atoms with E-state index in [9.17, 15) is 14.7 Å². The number of hydrogen-bond acceptors (Lipinski definition) is 5. The quantitative estimate of drug-likeness (QED) is 0.776. The highest BCUT2D eigenvalue weighted by Crippen LogP contribution is 2.26. The maximum atomic E-state index is 12.4. The highest BCUT2D eigenvalue weighted by molar-refractivity contribution is 5.63. The number of rotatable bonds is 4. The molecule has 2 heterocycles. The van der Waals surface area contributed by atoms with Gasteiger partial charge in [0, 0.05) is 20.1 Å². The third-order valence-electron chi connectivity index (χ3n) is 3.88. The van der Waals surface area contributed by atoms with Crippen molar-refractivity contribution in [3.63, 3.8) is 0 Å². The van der Waals surface area contributed by atoms with Crippen molar-refractivity contribution in [2.75, 3.05) is 23.8 Å². The average molecular weight is 282 g/mol. The Balaban J connectivity index is 2.64. The molecule has 7 nitrogen and oxygen atoms in total. The fourth-order valence-corrected chi connectivity index (χ4v) is 2.80. The molecule has 2 rings (SSSR count). The van der Waals surface area contributed by atoms with Crippen molar-refractivity contribution in [1.82, 2.24) is 9.13 Å². The van der Waals surface area contributed by atoms with Crippen LogP contribution in [0.3, 0.4) is 0 Å². The van der Waals surface area contributed by atoms with Gasteiger partial charge < -0.3 is 15.7 Å². The van der Waals surface area contributed by atoms with Crippen molar-refractivity contribution in [3.8, 4) is 0 Å². The van der Waals surface area contributed by atoms with Gasteiger partial charge in [0.15, 0.2) is 0 Å². The van der Waals surface area contributed by atoms with Gasteiger partial charge in [0.2, 0.25) is 0 Å². The Morgan fingerprint density at radius 3 is 2.70 bits per heavy atom. The average Bonchev–Trinajstić information content (AvgIpc) is 2.90. The van der Waals surface area contributed by atoms with E-state index in [0.29, 0.717) is 18.8 Å². The SMILES string of the molecule is CCCn1c(N)c(N2CCCC2CO)c(=O)n(C)c1=O. The van der Waals surface area contributed by atoms with E-state index in [-0.39, 0.29) is 24.0 Å². The largest absolute Gasteiger partial charge is 0.394 e. The first-order valence-corrected chi connectivity index (χ1v) is 6.99. The van der Waals surface area contributed by atoms with Gasteiger partial charge in [-0.15, -0.1) is 0 Å². The lowest BCUT2D eigenvalue weighted by Crippen LogP contribution is -2.45. The molecule has 0 aliphatic carbocycles. The third kappa shape index (κ3) is 2.22. The number of hydrogen-bond donors (Lipinski definition) is 2. The topological polar surface area (TPSA) is 93.5 Å². The number of aliphatic hydroxyl groups excluding tert-OH is 1. The smallest absolute Gasteiger partial charge is 0.332 e. The van der Waals surface area contributed by atoms with Crippen LogP contribution in [-0.2, 0) is 13.6 Å². The summed E-state index contributed by atoms with van der Waals surface area (Å²) in [4.78, 5) is 26.3. The van der Waals surface area contributed by atoms with Gasteiger partial charge in [-0.1, -0.05) is 6.92 Å². The monoisotopic (exact) mass is 282 g/mol. The van der Waals surface area contributed by atoms with E-state index in [4.69, 9.17) is 5.73 Å². The van der Waals surface area contributed by atoms with Gasteiger partial charge in [0.05, 0.1) is 12.6 Å². The zero-order valence-corrected chi connectivity index (χ0v) is 12.0. The maximum absolute atomic E-state index is 12.4. The zero-order valence-electron chi connectivity index (χ0n) is 12.0. The van der Waals surface area contributed by atoms with Crippen LogP contribution in [0.1, 0.15) is 26.2 Å². The lowest BCUT2D eigenvalue weighted by atomic mass is 10.2. The van der Waals surface area contributed by atoms with Crippen LogP contribution in [-0.4, -0.2) is 33.4 Å². The molecule has 1 aromatic rings. The second-order valence-corrected chi connectivity index (χ2v) is 5.20. The Morgan fingerprint density at radius 2 is 2.10 bits per heavy atom. The van der Waals surface area contributed by atoms with Crippen LogP contribution in [0, 0.1) is 0 Å². The summed E-state index contributed by atoms with van der Waals surface area (Å²) < 4.78 is 2.53.